The van der Waals surface area contributed by atoms with E-state index >= 15 is 0 Å². The van der Waals surface area contributed by atoms with Gasteiger partial charge in [0.15, 0.2) is 0 Å². The summed E-state index contributed by atoms with van der Waals surface area (Å²) >= 11 is 0. The number of benzene rings is 1. The molecule has 0 unspecified atom stereocenters. The molecule has 1 aromatic carbocycles. The van der Waals surface area contributed by atoms with E-state index in [0.29, 0.717) is 12.1 Å². The van der Waals surface area contributed by atoms with Crippen molar-refractivity contribution in [1.82, 2.24) is 4.98 Å². The molecular formula is C12H7F4NO2. The molecular weight excluding hydrogens is 266 g/mol. The van der Waals surface area contributed by atoms with Crippen LogP contribution < -0.4 is 0 Å². The Morgan fingerprint density at radius 3 is 2.42 bits per heavy atom. The summed E-state index contributed by atoms with van der Waals surface area (Å²) in [6.45, 7) is 0. The number of carbonyl (C=O) groups is 1. The van der Waals surface area contributed by atoms with Crippen LogP contribution in [0.3, 0.4) is 0 Å². The second kappa shape index (κ2) is 4.42. The van der Waals surface area contributed by atoms with E-state index in [2.05, 4.69) is 4.98 Å². The maximum Gasteiger partial charge on any atom is 0.416 e. The number of carboxylic acid groups (broad SMARTS) is 1. The second-order valence-electron chi connectivity index (χ2n) is 3.81. The third-order valence-corrected chi connectivity index (χ3v) is 2.51. The number of aromatic nitrogens is 1. The van der Waals surface area contributed by atoms with Crippen molar-refractivity contribution >= 4 is 5.97 Å². The quantitative estimate of drug-likeness (QED) is 0.822. The average Bonchev–Trinajstić information content (AvgIpc) is 2.75. The average molecular weight is 273 g/mol. The van der Waals surface area contributed by atoms with Crippen molar-refractivity contribution in [1.29, 1.82) is 0 Å². The summed E-state index contributed by atoms with van der Waals surface area (Å²) in [7, 11) is 0. The second-order valence-corrected chi connectivity index (χ2v) is 3.81. The lowest BCUT2D eigenvalue weighted by Gasteiger charge is -2.09. The number of H-pyrrole nitrogens is 1. The number of hydrogen-bond acceptors (Lipinski definition) is 1. The van der Waals surface area contributed by atoms with E-state index in [4.69, 9.17) is 5.11 Å². The van der Waals surface area contributed by atoms with Crippen LogP contribution in [0, 0.1) is 5.82 Å². The molecule has 2 N–H and O–H groups in total. The molecule has 1 aromatic heterocycles. The molecule has 19 heavy (non-hydrogen) atoms. The lowest BCUT2D eigenvalue weighted by molar-refractivity contribution is -0.137. The van der Waals surface area contributed by atoms with E-state index in [1.54, 1.807) is 0 Å². The predicted octanol–water partition coefficient (Wildman–Crippen LogP) is 3.54. The number of hydrogen-bond donors (Lipinski definition) is 2. The number of aromatic amines is 1. The number of aromatic carboxylic acids is 1. The number of carboxylic acids is 1. The molecule has 2 rings (SSSR count). The summed E-state index contributed by atoms with van der Waals surface area (Å²) in [6.07, 6.45) is -2.37. The van der Waals surface area contributed by atoms with Gasteiger partial charge in [-0.1, -0.05) is 0 Å². The van der Waals surface area contributed by atoms with Gasteiger partial charge in [-0.15, -0.1) is 0 Å². The fourth-order valence-electron chi connectivity index (χ4n) is 1.69. The van der Waals surface area contributed by atoms with Gasteiger partial charge >= 0.3 is 12.1 Å². The van der Waals surface area contributed by atoms with Crippen LogP contribution in [-0.4, -0.2) is 16.1 Å². The Morgan fingerprint density at radius 1 is 1.16 bits per heavy atom. The van der Waals surface area contributed by atoms with Gasteiger partial charge in [0.2, 0.25) is 0 Å². The largest absolute Gasteiger partial charge is 0.478 e. The van der Waals surface area contributed by atoms with E-state index in [9.17, 15) is 22.4 Å². The number of alkyl halides is 3. The molecule has 0 radical (unpaired) electrons. The van der Waals surface area contributed by atoms with Crippen LogP contribution in [-0.2, 0) is 6.18 Å². The molecule has 0 saturated heterocycles. The first-order chi connectivity index (χ1) is 8.79. The van der Waals surface area contributed by atoms with Crippen molar-refractivity contribution in [3.8, 4) is 11.1 Å². The normalized spacial score (nSPS) is 11.6. The van der Waals surface area contributed by atoms with Crippen LogP contribution >= 0.6 is 0 Å². The highest BCUT2D eigenvalue weighted by Crippen LogP contribution is 2.34. The SMILES string of the molecule is O=C(O)c1c[nH]cc1-c1cc(F)cc(C(F)(F)F)c1. The molecule has 0 amide bonds. The maximum absolute atomic E-state index is 13.2. The molecule has 0 fully saturated rings. The summed E-state index contributed by atoms with van der Waals surface area (Å²) in [6, 6.07) is 1.92. The van der Waals surface area contributed by atoms with Gasteiger partial charge < -0.3 is 10.1 Å². The first kappa shape index (κ1) is 13.1. The Morgan fingerprint density at radius 2 is 1.84 bits per heavy atom. The summed E-state index contributed by atoms with van der Waals surface area (Å²) < 4.78 is 50.9. The monoisotopic (exact) mass is 273 g/mol. The predicted molar refractivity (Wildman–Crippen MR) is 58.1 cm³/mol. The lowest BCUT2D eigenvalue weighted by Crippen LogP contribution is -2.06. The fourth-order valence-corrected chi connectivity index (χ4v) is 1.69. The van der Waals surface area contributed by atoms with Crippen LogP contribution in [0.1, 0.15) is 15.9 Å². The molecule has 0 aliphatic heterocycles. The fraction of sp³-hybridized carbons (Fsp3) is 0.0833. The minimum atomic E-state index is -4.70. The summed E-state index contributed by atoms with van der Waals surface area (Å²) in [4.78, 5) is 13.4. The standard InChI is InChI=1S/C12H7F4NO2/c13-8-2-6(1-7(3-8)12(14,15)16)9-4-17-5-10(9)11(18)19/h1-5,17H,(H,18,19). The maximum atomic E-state index is 13.2. The molecule has 0 saturated carbocycles. The first-order valence-electron chi connectivity index (χ1n) is 5.07. The zero-order chi connectivity index (χ0) is 14.2. The molecule has 0 spiro atoms. The van der Waals surface area contributed by atoms with Gasteiger partial charge in [-0.25, -0.2) is 9.18 Å². The molecule has 0 bridgehead atoms. The molecule has 0 aliphatic rings. The Balaban J connectivity index is 2.60. The molecule has 100 valence electrons. The van der Waals surface area contributed by atoms with E-state index in [1.165, 1.54) is 6.20 Å². The summed E-state index contributed by atoms with van der Waals surface area (Å²) in [5.41, 5.74) is -1.54. The number of halogens is 4. The van der Waals surface area contributed by atoms with Crippen molar-refractivity contribution in [2.24, 2.45) is 0 Å². The highest BCUT2D eigenvalue weighted by atomic mass is 19.4. The Bertz CT molecular complexity index is 631. The third-order valence-electron chi connectivity index (χ3n) is 2.51. The molecule has 7 heteroatoms. The van der Waals surface area contributed by atoms with Gasteiger partial charge in [-0.3, -0.25) is 0 Å². The molecule has 2 aromatic rings. The summed E-state index contributed by atoms with van der Waals surface area (Å²) in [5, 5.41) is 8.88. The van der Waals surface area contributed by atoms with Gasteiger partial charge in [0.1, 0.15) is 5.82 Å². The summed E-state index contributed by atoms with van der Waals surface area (Å²) in [5.74, 6) is -2.39. The first-order valence-corrected chi connectivity index (χ1v) is 5.07. The smallest absolute Gasteiger partial charge is 0.416 e. The minimum Gasteiger partial charge on any atom is -0.478 e. The Labute approximate surface area is 104 Å². The van der Waals surface area contributed by atoms with Gasteiger partial charge in [0, 0.05) is 18.0 Å². The highest BCUT2D eigenvalue weighted by molar-refractivity contribution is 5.95. The Kier molecular flexibility index (Phi) is 3.05. The molecule has 0 atom stereocenters. The van der Waals surface area contributed by atoms with E-state index < -0.39 is 23.5 Å². The van der Waals surface area contributed by atoms with Crippen LogP contribution in [0.5, 0.6) is 0 Å². The minimum absolute atomic E-state index is 0.00231. The van der Waals surface area contributed by atoms with Gasteiger partial charge in [-0.05, 0) is 23.8 Å². The van der Waals surface area contributed by atoms with Crippen molar-refractivity contribution in [2.45, 2.75) is 6.18 Å². The van der Waals surface area contributed by atoms with E-state index in [1.807, 2.05) is 0 Å². The van der Waals surface area contributed by atoms with Crippen molar-refractivity contribution in [3.05, 3.63) is 47.5 Å². The van der Waals surface area contributed by atoms with Gasteiger partial charge in [-0.2, -0.15) is 13.2 Å². The zero-order valence-corrected chi connectivity index (χ0v) is 9.25. The van der Waals surface area contributed by atoms with Crippen LogP contribution in [0.2, 0.25) is 0 Å². The van der Waals surface area contributed by atoms with Crippen LogP contribution in [0.15, 0.2) is 30.6 Å². The lowest BCUT2D eigenvalue weighted by atomic mass is 10.0. The number of rotatable bonds is 2. The van der Waals surface area contributed by atoms with Crippen molar-refractivity contribution < 1.29 is 27.5 Å². The van der Waals surface area contributed by atoms with Crippen LogP contribution in [0.25, 0.3) is 11.1 Å². The molecule has 3 nitrogen and oxygen atoms in total. The molecule has 1 heterocycles. The van der Waals surface area contributed by atoms with Crippen LogP contribution in [0.4, 0.5) is 17.6 Å². The Hall–Kier alpha value is -2.31. The highest BCUT2D eigenvalue weighted by Gasteiger charge is 2.31. The topological polar surface area (TPSA) is 53.1 Å². The van der Waals surface area contributed by atoms with Gasteiger partial charge in [0.25, 0.3) is 0 Å². The molecule has 0 aliphatic carbocycles. The van der Waals surface area contributed by atoms with Crippen molar-refractivity contribution in [2.75, 3.05) is 0 Å². The third kappa shape index (κ3) is 2.59. The van der Waals surface area contributed by atoms with E-state index in [-0.39, 0.29) is 16.7 Å². The number of nitrogens with one attached hydrogen (secondary N) is 1. The van der Waals surface area contributed by atoms with Gasteiger partial charge in [0.05, 0.1) is 11.1 Å². The zero-order valence-electron chi connectivity index (χ0n) is 9.25. The van der Waals surface area contributed by atoms with E-state index in [0.717, 1.165) is 12.3 Å². The van der Waals surface area contributed by atoms with Crippen molar-refractivity contribution in [3.63, 3.8) is 0 Å².